The Bertz CT molecular complexity index is 318. The van der Waals surface area contributed by atoms with Gasteiger partial charge in [-0.05, 0) is 12.3 Å². The first-order chi connectivity index (χ1) is 8.21. The summed E-state index contributed by atoms with van der Waals surface area (Å²) in [4.78, 5) is 1.29. The molecule has 0 rings (SSSR count). The van der Waals surface area contributed by atoms with Crippen LogP contribution >= 0.6 is 0 Å². The number of aliphatic hydroxyl groups excluding tert-OH is 3. The summed E-state index contributed by atoms with van der Waals surface area (Å²) in [5.41, 5.74) is 0. The molecule has 0 spiro atoms. The number of aliphatic hydroxyl groups is 3. The topological polar surface area (TPSA) is 118 Å². The van der Waals surface area contributed by atoms with Gasteiger partial charge in [-0.3, -0.25) is 9.45 Å². The minimum atomic E-state index is -4.31. The van der Waals surface area contributed by atoms with Gasteiger partial charge < -0.3 is 15.3 Å². The van der Waals surface area contributed by atoms with E-state index in [4.69, 9.17) is 9.66 Å². The van der Waals surface area contributed by atoms with Crippen molar-refractivity contribution in [3.05, 3.63) is 0 Å². The fourth-order valence-electron chi connectivity index (χ4n) is 1.83. The molecule has 110 valence electrons. The Morgan fingerprint density at radius 1 is 1.22 bits per heavy atom. The molecule has 8 heteroatoms. The molecular weight excluding hydrogens is 262 g/mol. The number of hydrogen-bond donors (Lipinski definition) is 4. The minimum absolute atomic E-state index is 0.0225. The Kier molecular flexibility index (Phi) is 7.92. The first kappa shape index (κ1) is 17.8. The van der Waals surface area contributed by atoms with Gasteiger partial charge in [-0.1, -0.05) is 13.8 Å². The standard InChI is InChI=1S/C10H23NO6S/c1-8(2)5-9(6-13)11(3-4-12)10(14)7-18(15,16)17/h8-10,12-14H,3-7H2,1-2H3,(H,15,16,17). The second-order valence-electron chi connectivity index (χ2n) is 4.66. The Hall–Kier alpha value is -0.250. The van der Waals surface area contributed by atoms with Crippen LogP contribution in [0.2, 0.25) is 0 Å². The Morgan fingerprint density at radius 2 is 1.78 bits per heavy atom. The lowest BCUT2D eigenvalue weighted by molar-refractivity contribution is -0.0392. The van der Waals surface area contributed by atoms with Gasteiger partial charge in [0, 0.05) is 12.6 Å². The van der Waals surface area contributed by atoms with Crippen molar-refractivity contribution in [2.24, 2.45) is 5.92 Å². The van der Waals surface area contributed by atoms with Gasteiger partial charge in [0.05, 0.1) is 13.2 Å². The maximum atomic E-state index is 10.7. The molecule has 0 aliphatic heterocycles. The highest BCUT2D eigenvalue weighted by atomic mass is 32.2. The zero-order chi connectivity index (χ0) is 14.3. The predicted molar refractivity (Wildman–Crippen MR) is 66.5 cm³/mol. The van der Waals surface area contributed by atoms with Crippen molar-refractivity contribution < 1.29 is 28.3 Å². The first-order valence-corrected chi connectivity index (χ1v) is 7.42. The van der Waals surface area contributed by atoms with Crippen LogP contribution in [0.1, 0.15) is 20.3 Å². The van der Waals surface area contributed by atoms with Crippen LogP contribution in [-0.4, -0.2) is 71.0 Å². The third-order valence-corrected chi connectivity index (χ3v) is 3.24. The highest BCUT2D eigenvalue weighted by Gasteiger charge is 2.27. The van der Waals surface area contributed by atoms with Crippen LogP contribution in [0.3, 0.4) is 0 Å². The summed E-state index contributed by atoms with van der Waals surface area (Å²) in [7, 11) is -4.31. The van der Waals surface area contributed by atoms with E-state index in [1.165, 1.54) is 4.90 Å². The minimum Gasteiger partial charge on any atom is -0.395 e. The highest BCUT2D eigenvalue weighted by Crippen LogP contribution is 2.14. The summed E-state index contributed by atoms with van der Waals surface area (Å²) >= 11 is 0. The second-order valence-corrected chi connectivity index (χ2v) is 6.15. The van der Waals surface area contributed by atoms with Crippen molar-refractivity contribution in [2.45, 2.75) is 32.5 Å². The van der Waals surface area contributed by atoms with E-state index in [-0.39, 0.29) is 25.7 Å². The molecule has 0 bridgehead atoms. The van der Waals surface area contributed by atoms with Crippen LogP contribution in [0.25, 0.3) is 0 Å². The molecule has 0 aliphatic carbocycles. The van der Waals surface area contributed by atoms with Crippen LogP contribution in [0.15, 0.2) is 0 Å². The van der Waals surface area contributed by atoms with Crippen molar-refractivity contribution in [3.8, 4) is 0 Å². The maximum absolute atomic E-state index is 10.7. The molecular formula is C10H23NO6S. The van der Waals surface area contributed by atoms with E-state index in [1.807, 2.05) is 13.8 Å². The maximum Gasteiger partial charge on any atom is 0.268 e. The molecule has 0 aromatic rings. The molecule has 0 radical (unpaired) electrons. The molecule has 7 nitrogen and oxygen atoms in total. The van der Waals surface area contributed by atoms with Crippen LogP contribution in [0.5, 0.6) is 0 Å². The van der Waals surface area contributed by atoms with Crippen LogP contribution in [0, 0.1) is 5.92 Å². The molecule has 0 saturated carbocycles. The highest BCUT2D eigenvalue weighted by molar-refractivity contribution is 7.85. The Morgan fingerprint density at radius 3 is 2.11 bits per heavy atom. The van der Waals surface area contributed by atoms with Gasteiger partial charge in [0.2, 0.25) is 0 Å². The van der Waals surface area contributed by atoms with E-state index in [2.05, 4.69) is 0 Å². The van der Waals surface area contributed by atoms with Gasteiger partial charge in [-0.15, -0.1) is 0 Å². The fraction of sp³-hybridized carbons (Fsp3) is 1.00. The van der Waals surface area contributed by atoms with Crippen LogP contribution < -0.4 is 0 Å². The van der Waals surface area contributed by atoms with E-state index in [0.29, 0.717) is 6.42 Å². The van der Waals surface area contributed by atoms with Crippen molar-refractivity contribution in [2.75, 3.05) is 25.5 Å². The summed E-state index contributed by atoms with van der Waals surface area (Å²) in [5, 5.41) is 27.9. The number of hydrogen-bond acceptors (Lipinski definition) is 6. The number of nitrogens with zero attached hydrogens (tertiary/aromatic N) is 1. The molecule has 0 heterocycles. The summed E-state index contributed by atoms with van der Waals surface area (Å²) in [6.07, 6.45) is -0.915. The van der Waals surface area contributed by atoms with Crippen molar-refractivity contribution in [3.63, 3.8) is 0 Å². The Labute approximate surface area is 108 Å². The van der Waals surface area contributed by atoms with E-state index in [9.17, 15) is 18.6 Å². The van der Waals surface area contributed by atoms with Gasteiger partial charge >= 0.3 is 0 Å². The monoisotopic (exact) mass is 285 g/mol. The van der Waals surface area contributed by atoms with E-state index < -0.39 is 28.1 Å². The van der Waals surface area contributed by atoms with Gasteiger partial charge in [0.15, 0.2) is 0 Å². The van der Waals surface area contributed by atoms with Crippen LogP contribution in [0.4, 0.5) is 0 Å². The van der Waals surface area contributed by atoms with Crippen LogP contribution in [-0.2, 0) is 10.1 Å². The lowest BCUT2D eigenvalue weighted by Crippen LogP contribution is -2.49. The molecule has 18 heavy (non-hydrogen) atoms. The zero-order valence-electron chi connectivity index (χ0n) is 10.7. The molecule has 2 unspecified atom stereocenters. The molecule has 0 aliphatic rings. The normalized spacial score (nSPS) is 16.2. The van der Waals surface area contributed by atoms with Gasteiger partial charge in [0.1, 0.15) is 12.0 Å². The summed E-state index contributed by atoms with van der Waals surface area (Å²) in [6, 6.07) is -0.464. The molecule has 0 fully saturated rings. The zero-order valence-corrected chi connectivity index (χ0v) is 11.5. The predicted octanol–water partition coefficient (Wildman–Crippen LogP) is -1.11. The Balaban J connectivity index is 4.79. The lowest BCUT2D eigenvalue weighted by Gasteiger charge is -2.34. The second kappa shape index (κ2) is 8.03. The molecule has 0 saturated heterocycles. The van der Waals surface area contributed by atoms with E-state index >= 15 is 0 Å². The summed E-state index contributed by atoms with van der Waals surface area (Å²) in [6.45, 7) is 3.33. The molecule has 4 N–H and O–H groups in total. The third-order valence-electron chi connectivity index (χ3n) is 2.52. The van der Waals surface area contributed by atoms with Gasteiger partial charge in [-0.25, -0.2) is 0 Å². The van der Waals surface area contributed by atoms with Gasteiger partial charge in [-0.2, -0.15) is 8.42 Å². The van der Waals surface area contributed by atoms with E-state index in [1.54, 1.807) is 0 Å². The van der Waals surface area contributed by atoms with E-state index in [0.717, 1.165) is 0 Å². The fourth-order valence-corrected chi connectivity index (χ4v) is 2.40. The average molecular weight is 285 g/mol. The van der Waals surface area contributed by atoms with Crippen molar-refractivity contribution in [1.29, 1.82) is 0 Å². The molecule has 0 amide bonds. The number of rotatable bonds is 9. The molecule has 0 aromatic heterocycles. The summed E-state index contributed by atoms with van der Waals surface area (Å²) < 4.78 is 30.2. The molecule has 2 atom stereocenters. The third kappa shape index (κ3) is 7.24. The first-order valence-electron chi connectivity index (χ1n) is 5.82. The lowest BCUT2D eigenvalue weighted by atomic mass is 10.0. The largest absolute Gasteiger partial charge is 0.395 e. The SMILES string of the molecule is CC(C)CC(CO)N(CCO)C(O)CS(=O)(=O)O. The van der Waals surface area contributed by atoms with Gasteiger partial charge in [0.25, 0.3) is 10.1 Å². The molecule has 0 aromatic carbocycles. The quantitative estimate of drug-likeness (QED) is 0.313. The summed E-state index contributed by atoms with van der Waals surface area (Å²) in [5.74, 6) is -0.608. The average Bonchev–Trinajstić information content (AvgIpc) is 2.20. The van der Waals surface area contributed by atoms with Crippen molar-refractivity contribution in [1.82, 2.24) is 4.90 Å². The smallest absolute Gasteiger partial charge is 0.268 e. The van der Waals surface area contributed by atoms with Crippen molar-refractivity contribution >= 4 is 10.1 Å².